The van der Waals surface area contributed by atoms with Crippen molar-refractivity contribution < 1.29 is 4.74 Å². The minimum absolute atomic E-state index is 0.538. The highest BCUT2D eigenvalue weighted by molar-refractivity contribution is 5.39. The van der Waals surface area contributed by atoms with Gasteiger partial charge in [-0.15, -0.1) is 0 Å². The Bertz CT molecular complexity index is 448. The fraction of sp³-hybridized carbons (Fsp3) is 0.647. The summed E-state index contributed by atoms with van der Waals surface area (Å²) in [6.45, 7) is 5.52. The molecule has 1 aromatic rings. The summed E-state index contributed by atoms with van der Waals surface area (Å²) < 4.78 is 5.83. The van der Waals surface area contributed by atoms with Gasteiger partial charge in [0.15, 0.2) is 0 Å². The molecule has 3 rings (SSSR count). The average Bonchev–Trinajstić information content (AvgIpc) is 2.90. The van der Waals surface area contributed by atoms with Crippen LogP contribution >= 0.6 is 0 Å². The molecule has 0 spiro atoms. The van der Waals surface area contributed by atoms with E-state index in [1.54, 1.807) is 0 Å². The summed E-state index contributed by atoms with van der Waals surface area (Å²) in [5, 5.41) is 3.44. The Morgan fingerprint density at radius 2 is 2.20 bits per heavy atom. The summed E-state index contributed by atoms with van der Waals surface area (Å²) in [6.07, 6.45) is 4.02. The number of nitrogens with one attached hydrogen (secondary N) is 1. The number of benzene rings is 1. The first-order valence-electron chi connectivity index (χ1n) is 7.92. The van der Waals surface area contributed by atoms with Crippen LogP contribution in [0.5, 0.6) is 5.75 Å². The van der Waals surface area contributed by atoms with E-state index in [0.29, 0.717) is 18.0 Å². The summed E-state index contributed by atoms with van der Waals surface area (Å²) in [5.41, 5.74) is 1.40. The highest BCUT2D eigenvalue weighted by atomic mass is 16.5. The molecular weight excluding hydrogens is 248 g/mol. The van der Waals surface area contributed by atoms with Gasteiger partial charge < -0.3 is 10.1 Å². The lowest BCUT2D eigenvalue weighted by molar-refractivity contribution is 0.110. The standard InChI is InChI=1S/C17H26N2O/c1-13(18-2)16-8-5-6-10-19(16)11-14-12-20-17-9-4-3-7-15(14)17/h3-4,7,9,13-14,16,18H,5-6,8,10-12H2,1-2H3. The van der Waals surface area contributed by atoms with Crippen molar-refractivity contribution in [2.45, 2.75) is 44.2 Å². The molecule has 1 fully saturated rings. The quantitative estimate of drug-likeness (QED) is 0.913. The van der Waals surface area contributed by atoms with Crippen molar-refractivity contribution in [1.82, 2.24) is 10.2 Å². The van der Waals surface area contributed by atoms with Crippen LogP contribution in [0.3, 0.4) is 0 Å². The second kappa shape index (κ2) is 6.15. The van der Waals surface area contributed by atoms with Crippen LogP contribution in [-0.2, 0) is 0 Å². The Hall–Kier alpha value is -1.06. The largest absolute Gasteiger partial charge is 0.493 e. The number of ether oxygens (including phenoxy) is 1. The van der Waals surface area contributed by atoms with Crippen molar-refractivity contribution in [3.8, 4) is 5.75 Å². The van der Waals surface area contributed by atoms with Crippen LogP contribution in [0.2, 0.25) is 0 Å². The van der Waals surface area contributed by atoms with E-state index in [0.717, 1.165) is 18.9 Å². The molecule has 0 amide bonds. The van der Waals surface area contributed by atoms with Gasteiger partial charge in [0, 0.05) is 30.1 Å². The van der Waals surface area contributed by atoms with E-state index in [1.165, 1.54) is 31.4 Å². The number of hydrogen-bond donors (Lipinski definition) is 1. The number of para-hydroxylation sites is 1. The third-order valence-electron chi connectivity index (χ3n) is 4.95. The molecule has 2 heterocycles. The van der Waals surface area contributed by atoms with Gasteiger partial charge >= 0.3 is 0 Å². The van der Waals surface area contributed by atoms with Gasteiger partial charge in [0.2, 0.25) is 0 Å². The van der Waals surface area contributed by atoms with Crippen molar-refractivity contribution in [3.05, 3.63) is 29.8 Å². The summed E-state index contributed by atoms with van der Waals surface area (Å²) in [4.78, 5) is 2.68. The second-order valence-electron chi connectivity index (χ2n) is 6.18. The molecule has 3 unspecified atom stereocenters. The zero-order chi connectivity index (χ0) is 13.9. The summed E-state index contributed by atoms with van der Waals surface area (Å²) in [7, 11) is 2.07. The summed E-state index contributed by atoms with van der Waals surface area (Å²) in [5.74, 6) is 1.63. The maximum absolute atomic E-state index is 5.83. The van der Waals surface area contributed by atoms with Crippen LogP contribution in [0.4, 0.5) is 0 Å². The zero-order valence-electron chi connectivity index (χ0n) is 12.6. The maximum Gasteiger partial charge on any atom is 0.122 e. The van der Waals surface area contributed by atoms with Crippen molar-refractivity contribution in [2.24, 2.45) is 0 Å². The van der Waals surface area contributed by atoms with Crippen LogP contribution in [0.15, 0.2) is 24.3 Å². The fourth-order valence-electron chi connectivity index (χ4n) is 3.67. The molecule has 20 heavy (non-hydrogen) atoms. The molecule has 0 bridgehead atoms. The Labute approximate surface area is 122 Å². The highest BCUT2D eigenvalue weighted by Crippen LogP contribution is 2.35. The Morgan fingerprint density at radius 3 is 3.05 bits per heavy atom. The predicted octanol–water partition coefficient (Wildman–Crippen LogP) is 2.63. The van der Waals surface area contributed by atoms with Gasteiger partial charge in [-0.25, -0.2) is 0 Å². The number of likely N-dealkylation sites (N-methyl/N-ethyl adjacent to an activating group) is 1. The molecule has 1 saturated heterocycles. The van der Waals surface area contributed by atoms with Gasteiger partial charge in [-0.1, -0.05) is 24.6 Å². The van der Waals surface area contributed by atoms with Gasteiger partial charge in [-0.3, -0.25) is 4.90 Å². The zero-order valence-corrected chi connectivity index (χ0v) is 12.6. The Balaban J connectivity index is 1.70. The van der Waals surface area contributed by atoms with Gasteiger partial charge in [-0.2, -0.15) is 0 Å². The van der Waals surface area contributed by atoms with Gasteiger partial charge in [0.25, 0.3) is 0 Å². The summed E-state index contributed by atoms with van der Waals surface area (Å²) in [6, 6.07) is 9.75. The van der Waals surface area contributed by atoms with Crippen molar-refractivity contribution in [2.75, 3.05) is 26.7 Å². The number of rotatable bonds is 4. The van der Waals surface area contributed by atoms with Crippen LogP contribution in [0, 0.1) is 0 Å². The molecule has 0 radical (unpaired) electrons. The number of hydrogen-bond acceptors (Lipinski definition) is 3. The second-order valence-corrected chi connectivity index (χ2v) is 6.18. The number of piperidine rings is 1. The summed E-state index contributed by atoms with van der Waals surface area (Å²) >= 11 is 0. The monoisotopic (exact) mass is 274 g/mol. The van der Waals surface area contributed by atoms with Crippen LogP contribution in [0.1, 0.15) is 37.7 Å². The Morgan fingerprint density at radius 1 is 1.35 bits per heavy atom. The molecule has 3 atom stereocenters. The molecular formula is C17H26N2O. The third-order valence-corrected chi connectivity index (χ3v) is 4.95. The lowest BCUT2D eigenvalue weighted by Crippen LogP contribution is -2.51. The van der Waals surface area contributed by atoms with E-state index in [2.05, 4.69) is 48.5 Å². The predicted molar refractivity (Wildman–Crippen MR) is 82.4 cm³/mol. The van der Waals surface area contributed by atoms with Gasteiger partial charge in [-0.05, 0) is 39.4 Å². The smallest absolute Gasteiger partial charge is 0.122 e. The van der Waals surface area contributed by atoms with Crippen LogP contribution in [-0.4, -0.2) is 43.7 Å². The molecule has 1 N–H and O–H groups in total. The van der Waals surface area contributed by atoms with E-state index in [4.69, 9.17) is 4.74 Å². The first-order valence-corrected chi connectivity index (χ1v) is 7.92. The minimum Gasteiger partial charge on any atom is -0.493 e. The minimum atomic E-state index is 0.538. The van der Waals surface area contributed by atoms with E-state index < -0.39 is 0 Å². The van der Waals surface area contributed by atoms with Crippen LogP contribution in [0.25, 0.3) is 0 Å². The molecule has 2 aliphatic heterocycles. The number of nitrogens with zero attached hydrogens (tertiary/aromatic N) is 1. The van der Waals surface area contributed by atoms with Gasteiger partial charge in [0.1, 0.15) is 5.75 Å². The lowest BCUT2D eigenvalue weighted by atomic mass is 9.93. The SMILES string of the molecule is CNC(C)C1CCCCN1CC1COc2ccccc21. The Kier molecular flexibility index (Phi) is 4.27. The maximum atomic E-state index is 5.83. The van der Waals surface area contributed by atoms with E-state index in [-0.39, 0.29) is 0 Å². The molecule has 0 saturated carbocycles. The third kappa shape index (κ3) is 2.70. The average molecular weight is 274 g/mol. The fourth-order valence-corrected chi connectivity index (χ4v) is 3.67. The topological polar surface area (TPSA) is 24.5 Å². The number of likely N-dealkylation sites (tertiary alicyclic amines) is 1. The molecule has 3 heteroatoms. The van der Waals surface area contributed by atoms with E-state index in [1.807, 2.05) is 0 Å². The van der Waals surface area contributed by atoms with E-state index in [9.17, 15) is 0 Å². The number of fused-ring (bicyclic) bond motifs is 1. The highest BCUT2D eigenvalue weighted by Gasteiger charge is 2.31. The normalized spacial score (nSPS) is 27.9. The van der Waals surface area contributed by atoms with Crippen molar-refractivity contribution in [3.63, 3.8) is 0 Å². The molecule has 2 aliphatic rings. The molecule has 0 aromatic heterocycles. The first-order chi connectivity index (χ1) is 9.79. The lowest BCUT2D eigenvalue weighted by Gasteiger charge is -2.40. The van der Waals surface area contributed by atoms with Crippen LogP contribution < -0.4 is 10.1 Å². The first kappa shape index (κ1) is 13.9. The molecule has 110 valence electrons. The van der Waals surface area contributed by atoms with Crippen molar-refractivity contribution >= 4 is 0 Å². The molecule has 0 aliphatic carbocycles. The molecule has 1 aromatic carbocycles. The van der Waals surface area contributed by atoms with Gasteiger partial charge in [0.05, 0.1) is 6.61 Å². The molecule has 3 nitrogen and oxygen atoms in total. The van der Waals surface area contributed by atoms with Crippen molar-refractivity contribution in [1.29, 1.82) is 0 Å². The van der Waals surface area contributed by atoms with E-state index >= 15 is 0 Å².